The summed E-state index contributed by atoms with van der Waals surface area (Å²) in [5, 5.41) is 0. The van der Waals surface area contributed by atoms with Crippen LogP contribution in [0.1, 0.15) is 0 Å². The van der Waals surface area contributed by atoms with Crippen LogP contribution in [0.25, 0.3) is 0 Å². The number of hydrogen-bond acceptors (Lipinski definition) is 4. The molecule has 3 aliphatic heterocycles. The maximum absolute atomic E-state index is 5.43. The Hall–Kier alpha value is 0.303. The predicted molar refractivity (Wildman–Crippen MR) is 47.3 cm³/mol. The van der Waals surface area contributed by atoms with Crippen molar-refractivity contribution in [3.05, 3.63) is 0 Å². The summed E-state index contributed by atoms with van der Waals surface area (Å²) in [4.78, 5) is 2.31. The molecule has 1 radical (unpaired) electrons. The number of rotatable bonds is 0. The molecule has 0 saturated carbocycles. The first-order valence-electron chi connectivity index (χ1n) is 3.93. The van der Waals surface area contributed by atoms with Gasteiger partial charge in [-0.25, -0.2) is 0 Å². The third-order valence-electron chi connectivity index (χ3n) is 1.88. The first-order chi connectivity index (χ1) is 5.45. The number of fused-ring (bicyclic) bond motifs is 6. The Bertz CT molecular complexity index is 102. The van der Waals surface area contributed by atoms with Gasteiger partial charge in [-0.2, -0.15) is 0 Å². The summed E-state index contributed by atoms with van der Waals surface area (Å²) < 4.78 is 16.3. The van der Waals surface area contributed by atoms with Gasteiger partial charge in [-0.3, -0.25) is 0 Å². The van der Waals surface area contributed by atoms with Gasteiger partial charge in [-0.15, -0.1) is 0 Å². The van der Waals surface area contributed by atoms with E-state index in [1.807, 2.05) is 0 Å². The molecule has 0 atom stereocenters. The monoisotopic (exact) mass is 256 g/mol. The van der Waals surface area contributed by atoms with Crippen LogP contribution in [-0.2, 0) is 11.3 Å². The third-order valence-corrected chi connectivity index (χ3v) is 4.65. The van der Waals surface area contributed by atoms with Gasteiger partial charge in [0.1, 0.15) is 0 Å². The maximum atomic E-state index is 5.43. The Balaban J connectivity index is 0.000000720. The van der Waals surface area contributed by atoms with Crippen LogP contribution in [0.5, 0.6) is 0 Å². The summed E-state index contributed by atoms with van der Waals surface area (Å²) in [5.74, 6) is 0. The van der Waals surface area contributed by atoms with E-state index in [4.69, 9.17) is 11.3 Å². The predicted octanol–water partition coefficient (Wildman–Crippen LogP) is -2.30. The minimum Gasteiger partial charge on any atom is -0.412 e. The molecule has 13 heavy (non-hydrogen) atoms. The second kappa shape index (κ2) is 6.71. The van der Waals surface area contributed by atoms with Crippen LogP contribution in [0.15, 0.2) is 0 Å². The zero-order valence-electron chi connectivity index (χ0n) is 7.41. The van der Waals surface area contributed by atoms with Gasteiger partial charge in [-0.05, 0) is 0 Å². The average molecular weight is 255 g/mol. The summed E-state index contributed by atoms with van der Waals surface area (Å²) in [6.07, 6.45) is 0. The molecule has 0 aromatic carbocycles. The molecule has 2 bridgehead atoms. The molecule has 0 aromatic heterocycles. The van der Waals surface area contributed by atoms with Gasteiger partial charge in [0.2, 0.25) is 0 Å². The average Bonchev–Trinajstić information content (AvgIpc) is 1.80. The van der Waals surface area contributed by atoms with Gasteiger partial charge >= 0.3 is 71.0 Å². The van der Waals surface area contributed by atoms with Crippen molar-refractivity contribution in [1.82, 2.24) is 4.90 Å². The second-order valence-electron chi connectivity index (χ2n) is 2.64. The molecule has 6 nitrogen and oxygen atoms in total. The van der Waals surface area contributed by atoms with Crippen molar-refractivity contribution in [3.63, 3.8) is 0 Å². The number of nitrogens with zero attached hydrogens (tertiary/aromatic N) is 1. The molecule has 4 N–H and O–H groups in total. The Labute approximate surface area is 82.5 Å². The third kappa shape index (κ3) is 3.90. The largest absolute Gasteiger partial charge is 0.412 e. The quantitative estimate of drug-likeness (QED) is 0.455. The van der Waals surface area contributed by atoms with E-state index in [1.54, 1.807) is 0 Å². The molecule has 3 fully saturated rings. The van der Waals surface area contributed by atoms with Crippen LogP contribution in [0, 0.1) is 0 Å². The van der Waals surface area contributed by atoms with Crippen molar-refractivity contribution >= 4 is 15.4 Å². The molecule has 0 aliphatic carbocycles. The first kappa shape index (κ1) is 13.3. The molecular formula is C6H16GeNO5. The fraction of sp³-hybridized carbons (Fsp3) is 1.00. The second-order valence-corrected chi connectivity index (χ2v) is 5.50. The van der Waals surface area contributed by atoms with Gasteiger partial charge in [0.05, 0.1) is 0 Å². The van der Waals surface area contributed by atoms with Crippen LogP contribution < -0.4 is 0 Å². The molecule has 0 amide bonds. The Morgan fingerprint density at radius 3 is 1.54 bits per heavy atom. The van der Waals surface area contributed by atoms with Crippen molar-refractivity contribution < 1.29 is 22.2 Å². The summed E-state index contributed by atoms with van der Waals surface area (Å²) in [6, 6.07) is 0. The molecule has 0 spiro atoms. The van der Waals surface area contributed by atoms with Gasteiger partial charge in [0.25, 0.3) is 0 Å². The van der Waals surface area contributed by atoms with Crippen LogP contribution in [0.3, 0.4) is 0 Å². The van der Waals surface area contributed by atoms with Gasteiger partial charge in [0.15, 0.2) is 0 Å². The van der Waals surface area contributed by atoms with Crippen molar-refractivity contribution in [2.45, 2.75) is 0 Å². The van der Waals surface area contributed by atoms with Gasteiger partial charge in [0, 0.05) is 0 Å². The molecule has 3 saturated heterocycles. The molecule has 3 aliphatic rings. The van der Waals surface area contributed by atoms with E-state index >= 15 is 0 Å². The molecule has 3 heterocycles. The molecule has 0 aromatic rings. The minimum atomic E-state index is -1.95. The van der Waals surface area contributed by atoms with E-state index in [2.05, 4.69) is 4.90 Å². The van der Waals surface area contributed by atoms with Crippen LogP contribution >= 0.6 is 0 Å². The standard InChI is InChI=1S/C6H12GeNO3.2H2O/c1-4-9-7-10-5-2-8(1)3-6-11-7;;/h1-6H2;2*1H2. The van der Waals surface area contributed by atoms with Crippen LogP contribution in [0.4, 0.5) is 0 Å². The minimum absolute atomic E-state index is 0. The summed E-state index contributed by atoms with van der Waals surface area (Å²) >= 11 is -1.95. The fourth-order valence-electron chi connectivity index (χ4n) is 1.23. The van der Waals surface area contributed by atoms with E-state index in [-0.39, 0.29) is 11.0 Å². The molecule has 3 rings (SSSR count). The zero-order valence-corrected chi connectivity index (χ0v) is 9.51. The van der Waals surface area contributed by atoms with Crippen molar-refractivity contribution in [2.24, 2.45) is 0 Å². The molecule has 7 heteroatoms. The topological polar surface area (TPSA) is 93.9 Å². The van der Waals surface area contributed by atoms with Gasteiger partial charge in [-0.1, -0.05) is 0 Å². The Morgan fingerprint density at radius 1 is 0.769 bits per heavy atom. The molecular weight excluding hydrogens is 239 g/mol. The van der Waals surface area contributed by atoms with Crippen molar-refractivity contribution in [2.75, 3.05) is 39.5 Å². The zero-order chi connectivity index (χ0) is 7.52. The van der Waals surface area contributed by atoms with E-state index in [1.165, 1.54) is 0 Å². The van der Waals surface area contributed by atoms with Gasteiger partial charge < -0.3 is 11.0 Å². The smallest absolute Gasteiger partial charge is 0.412 e. The normalized spacial score (nSPS) is 24.9. The van der Waals surface area contributed by atoms with E-state index < -0.39 is 15.4 Å². The molecule has 79 valence electrons. The first-order valence-corrected chi connectivity index (χ1v) is 6.50. The number of hydrogen-bond donors (Lipinski definition) is 0. The summed E-state index contributed by atoms with van der Waals surface area (Å²) in [6.45, 7) is 5.50. The Kier molecular flexibility index (Phi) is 6.87. The summed E-state index contributed by atoms with van der Waals surface area (Å²) in [5.41, 5.74) is 0. The van der Waals surface area contributed by atoms with E-state index in [0.717, 1.165) is 39.5 Å². The fourth-order valence-corrected chi connectivity index (χ4v) is 3.38. The van der Waals surface area contributed by atoms with Crippen LogP contribution in [-0.4, -0.2) is 70.7 Å². The maximum Gasteiger partial charge on any atom is -0.412 e. The Morgan fingerprint density at radius 2 is 1.15 bits per heavy atom. The van der Waals surface area contributed by atoms with E-state index in [0.29, 0.717) is 0 Å². The van der Waals surface area contributed by atoms with Crippen molar-refractivity contribution in [1.29, 1.82) is 0 Å². The van der Waals surface area contributed by atoms with Crippen molar-refractivity contribution in [3.8, 4) is 0 Å². The van der Waals surface area contributed by atoms with Crippen LogP contribution in [0.2, 0.25) is 0 Å². The summed E-state index contributed by atoms with van der Waals surface area (Å²) in [7, 11) is 0. The SMILES string of the molecule is C1CN2CC[O][Ge]([O]1)[O]CC2.O.O. The molecule has 0 unspecified atom stereocenters. The van der Waals surface area contributed by atoms with E-state index in [9.17, 15) is 0 Å².